The first-order valence-electron chi connectivity index (χ1n) is 5.50. The molecule has 0 fully saturated rings. The summed E-state index contributed by atoms with van der Waals surface area (Å²) >= 11 is 0. The van der Waals surface area contributed by atoms with E-state index in [0.717, 1.165) is 38.7 Å². The van der Waals surface area contributed by atoms with Crippen molar-refractivity contribution in [2.24, 2.45) is 20.0 Å². The Balaban J connectivity index is 2.65. The fraction of sp³-hybridized carbons (Fsp3) is 0.444. The predicted molar refractivity (Wildman–Crippen MR) is 77.2 cm³/mol. The van der Waals surface area contributed by atoms with Gasteiger partial charge in [-0.3, -0.25) is 0 Å². The van der Waals surface area contributed by atoms with Crippen molar-refractivity contribution in [3.8, 4) is 0 Å². The molecule has 0 aromatic heterocycles. The summed E-state index contributed by atoms with van der Waals surface area (Å²) in [5.74, 6) is 0. The van der Waals surface area contributed by atoms with E-state index in [0.29, 0.717) is 0 Å². The minimum atomic E-state index is -4.72. The van der Waals surface area contributed by atoms with E-state index in [-0.39, 0.29) is 0 Å². The lowest BCUT2D eigenvalue weighted by molar-refractivity contribution is 0.00349. The summed E-state index contributed by atoms with van der Waals surface area (Å²) in [4.78, 5) is 12.7. The van der Waals surface area contributed by atoms with Crippen molar-refractivity contribution in [1.82, 2.24) is 0 Å². The van der Waals surface area contributed by atoms with Crippen molar-refractivity contribution in [3.05, 3.63) is 5.53 Å². The molecule has 0 radical (unpaired) electrons. The number of aliphatic imine (C=N–C) groups is 4. The molecule has 0 unspecified atom stereocenters. The average molecular weight is 330 g/mol. The molecule has 2 rings (SSSR count). The molecule has 0 spiro atoms. The SMILES string of the molecule is CC1(S(=O)(=O)C(=[N+]=[N-])S(=O)(=O)C2(C)N=CC=N2)N=CC=N1. The Labute approximate surface area is 120 Å². The predicted octanol–water partition coefficient (Wildman–Crippen LogP) is -0.940. The van der Waals surface area contributed by atoms with Gasteiger partial charge >= 0.3 is 24.1 Å². The van der Waals surface area contributed by atoms with Crippen molar-refractivity contribution in [3.63, 3.8) is 0 Å². The van der Waals surface area contributed by atoms with Gasteiger partial charge in [0.05, 0.1) is 0 Å². The van der Waals surface area contributed by atoms with Crippen LogP contribution in [0.3, 0.4) is 0 Å². The molecule has 0 amide bonds. The smallest absolute Gasteiger partial charge is 0.359 e. The van der Waals surface area contributed by atoms with E-state index in [1.807, 2.05) is 0 Å². The Hall–Kier alpha value is -2.04. The van der Waals surface area contributed by atoms with Gasteiger partial charge in [0, 0.05) is 24.9 Å². The van der Waals surface area contributed by atoms with E-state index in [1.165, 1.54) is 0 Å². The van der Waals surface area contributed by atoms with Crippen molar-refractivity contribution >= 4 is 48.9 Å². The Kier molecular flexibility index (Phi) is 3.27. The zero-order valence-electron chi connectivity index (χ0n) is 10.9. The van der Waals surface area contributed by atoms with Crippen LogP contribution in [0.4, 0.5) is 0 Å². The zero-order chi connectivity index (χ0) is 15.9. The van der Waals surface area contributed by atoms with Gasteiger partial charge in [0.1, 0.15) is 0 Å². The van der Waals surface area contributed by atoms with Crippen LogP contribution in [0.1, 0.15) is 13.8 Å². The van der Waals surface area contributed by atoms with Gasteiger partial charge in [-0.05, 0) is 13.8 Å². The van der Waals surface area contributed by atoms with E-state index in [4.69, 9.17) is 5.53 Å². The molecule has 0 bridgehead atoms. The standard InChI is InChI=1S/C9H10N6O4S2/c1-8(11-3-4-12-8)20(16,17)7(15-10)21(18,19)9(2)13-5-6-14-9/h3-6H,1-2H3. The number of hydrogen-bond donors (Lipinski definition) is 0. The minimum Gasteiger partial charge on any atom is -0.359 e. The van der Waals surface area contributed by atoms with Crippen LogP contribution in [-0.2, 0) is 19.7 Å². The highest BCUT2D eigenvalue weighted by molar-refractivity contribution is 8.32. The van der Waals surface area contributed by atoms with Gasteiger partial charge in [-0.1, -0.05) is 0 Å². The molecular weight excluding hydrogens is 320 g/mol. The van der Waals surface area contributed by atoms with E-state index < -0.39 is 34.0 Å². The average Bonchev–Trinajstić information content (AvgIpc) is 3.00. The summed E-state index contributed by atoms with van der Waals surface area (Å²) in [6.07, 6.45) is 4.42. The Bertz CT molecular complexity index is 768. The molecule has 0 saturated carbocycles. The van der Waals surface area contributed by atoms with Crippen LogP contribution < -0.4 is 0 Å². The largest absolute Gasteiger partial charge is 0.503 e. The number of rotatable bonds is 2. The summed E-state index contributed by atoms with van der Waals surface area (Å²) in [6, 6.07) is 0. The van der Waals surface area contributed by atoms with Crippen LogP contribution in [0.2, 0.25) is 0 Å². The molecule has 12 heteroatoms. The molecule has 0 aromatic rings. The molecule has 2 heterocycles. The first kappa shape index (κ1) is 15.4. The third kappa shape index (κ3) is 1.99. The number of nitrogens with zero attached hydrogens (tertiary/aromatic N) is 6. The van der Waals surface area contributed by atoms with Gasteiger partial charge in [-0.25, -0.2) is 36.8 Å². The molecule has 112 valence electrons. The van der Waals surface area contributed by atoms with Crippen molar-refractivity contribution in [2.45, 2.75) is 23.8 Å². The lowest BCUT2D eigenvalue weighted by Gasteiger charge is -2.18. The highest BCUT2D eigenvalue weighted by Gasteiger charge is 2.60. The summed E-state index contributed by atoms with van der Waals surface area (Å²) in [7, 11) is -9.43. The highest BCUT2D eigenvalue weighted by atomic mass is 32.3. The highest BCUT2D eigenvalue weighted by Crippen LogP contribution is 2.31. The second kappa shape index (κ2) is 4.48. The van der Waals surface area contributed by atoms with Crippen molar-refractivity contribution < 1.29 is 21.6 Å². The van der Waals surface area contributed by atoms with Gasteiger partial charge in [0.15, 0.2) is 0 Å². The number of hydrogen-bond acceptors (Lipinski definition) is 8. The van der Waals surface area contributed by atoms with E-state index in [9.17, 15) is 16.8 Å². The molecule has 2 aliphatic rings. The Morgan fingerprint density at radius 3 is 1.38 bits per heavy atom. The van der Waals surface area contributed by atoms with Crippen molar-refractivity contribution in [2.75, 3.05) is 0 Å². The van der Waals surface area contributed by atoms with Gasteiger partial charge < -0.3 is 5.53 Å². The second-order valence-electron chi connectivity index (χ2n) is 4.35. The molecule has 10 nitrogen and oxygen atoms in total. The normalized spacial score (nSPS) is 21.6. The zero-order valence-corrected chi connectivity index (χ0v) is 12.6. The quantitative estimate of drug-likeness (QED) is 0.277. The lowest BCUT2D eigenvalue weighted by atomic mass is 10.6. The second-order valence-corrected chi connectivity index (χ2v) is 8.95. The molecular formula is C9H10N6O4S2. The summed E-state index contributed by atoms with van der Waals surface area (Å²) in [5, 5.41) is 0. The van der Waals surface area contributed by atoms with Crippen LogP contribution in [0, 0.1) is 0 Å². The molecule has 0 saturated heterocycles. The maximum atomic E-state index is 12.4. The molecule has 0 aliphatic carbocycles. The molecule has 2 aliphatic heterocycles. The van der Waals surface area contributed by atoms with Crippen LogP contribution >= 0.6 is 0 Å². The van der Waals surface area contributed by atoms with Gasteiger partial charge in [0.2, 0.25) is 0 Å². The Morgan fingerprint density at radius 2 is 1.14 bits per heavy atom. The fourth-order valence-corrected chi connectivity index (χ4v) is 5.39. The fourth-order valence-electron chi connectivity index (χ4n) is 1.61. The first-order valence-corrected chi connectivity index (χ1v) is 8.47. The molecule has 0 atom stereocenters. The van der Waals surface area contributed by atoms with Crippen LogP contribution in [0.15, 0.2) is 20.0 Å². The van der Waals surface area contributed by atoms with Gasteiger partial charge in [0.25, 0.3) is 9.99 Å². The maximum Gasteiger partial charge on any atom is 0.503 e. The minimum absolute atomic E-state index is 1.08. The first-order chi connectivity index (χ1) is 9.61. The van der Waals surface area contributed by atoms with Gasteiger partial charge in [-0.2, -0.15) is 0 Å². The third-order valence-corrected chi connectivity index (χ3v) is 7.81. The van der Waals surface area contributed by atoms with Crippen LogP contribution in [-0.4, -0.2) is 60.8 Å². The summed E-state index contributed by atoms with van der Waals surface area (Å²) in [6.45, 7) is 2.15. The monoisotopic (exact) mass is 330 g/mol. The Morgan fingerprint density at radius 1 is 0.857 bits per heavy atom. The van der Waals surface area contributed by atoms with E-state index in [1.54, 1.807) is 0 Å². The lowest BCUT2D eigenvalue weighted by Crippen LogP contribution is -2.46. The topological polar surface area (TPSA) is 154 Å². The van der Waals surface area contributed by atoms with Gasteiger partial charge in [-0.15, -0.1) is 4.79 Å². The molecule has 21 heavy (non-hydrogen) atoms. The summed E-state index contributed by atoms with van der Waals surface area (Å²) < 4.78 is 48.2. The van der Waals surface area contributed by atoms with Crippen LogP contribution in [0.25, 0.3) is 5.53 Å². The van der Waals surface area contributed by atoms with Crippen LogP contribution in [0.5, 0.6) is 0 Å². The number of sulfone groups is 2. The van der Waals surface area contributed by atoms with Crippen molar-refractivity contribution in [1.29, 1.82) is 0 Å². The molecule has 0 aromatic carbocycles. The maximum absolute atomic E-state index is 12.4. The summed E-state index contributed by atoms with van der Waals surface area (Å²) in [5.41, 5.74) is 8.97. The van der Waals surface area contributed by atoms with E-state index in [2.05, 4.69) is 24.8 Å². The van der Waals surface area contributed by atoms with E-state index >= 15 is 0 Å². The third-order valence-electron chi connectivity index (χ3n) is 2.95. The molecule has 0 N–H and O–H groups in total.